The predicted octanol–water partition coefficient (Wildman–Crippen LogP) is 1.72. The number of H-pyrrole nitrogens is 1. The van der Waals surface area contributed by atoms with E-state index in [9.17, 15) is 4.39 Å². The van der Waals surface area contributed by atoms with E-state index >= 15 is 0 Å². The molecule has 1 aliphatic heterocycles. The Bertz CT molecular complexity index is 609. The maximum atomic E-state index is 13.9. The molecule has 0 radical (unpaired) electrons. The molecule has 5 nitrogen and oxygen atoms in total. The largest absolute Gasteiger partial charge is 0.337 e. The maximum Gasteiger partial charge on any atom is 0.245 e. The number of aryl methyl sites for hydroxylation is 1. The minimum Gasteiger partial charge on any atom is -0.337 e. The van der Waals surface area contributed by atoms with Crippen LogP contribution in [-0.2, 0) is 0 Å². The van der Waals surface area contributed by atoms with Crippen molar-refractivity contribution in [3.63, 3.8) is 0 Å². The summed E-state index contributed by atoms with van der Waals surface area (Å²) < 4.78 is 13.9. The first kappa shape index (κ1) is 13.1. The third-order valence-electron chi connectivity index (χ3n) is 3.50. The molecule has 2 heterocycles. The van der Waals surface area contributed by atoms with Crippen molar-refractivity contribution in [1.29, 1.82) is 0 Å². The molecule has 1 unspecified atom stereocenters. The molecule has 0 saturated carbocycles. The second-order valence-electron chi connectivity index (χ2n) is 5.27. The Kier molecular flexibility index (Phi) is 3.40. The molecule has 2 N–H and O–H groups in total. The van der Waals surface area contributed by atoms with Gasteiger partial charge in [0.15, 0.2) is 5.82 Å². The van der Waals surface area contributed by atoms with Crippen LogP contribution in [0.25, 0.3) is 11.4 Å². The molecule has 6 heteroatoms. The number of benzene rings is 1. The number of hydrogen-bond acceptors (Lipinski definition) is 4. The van der Waals surface area contributed by atoms with E-state index in [0.717, 1.165) is 25.2 Å². The number of hydrogen-bond donors (Lipinski definition) is 2. The first-order valence-corrected chi connectivity index (χ1v) is 6.81. The quantitative estimate of drug-likeness (QED) is 0.876. The number of halogens is 1. The third-order valence-corrected chi connectivity index (χ3v) is 3.50. The zero-order chi connectivity index (χ0) is 14.1. The highest BCUT2D eigenvalue weighted by Crippen LogP contribution is 2.22. The van der Waals surface area contributed by atoms with Crippen LogP contribution in [0.15, 0.2) is 18.2 Å². The van der Waals surface area contributed by atoms with Crippen LogP contribution < -0.4 is 10.2 Å². The minimum absolute atomic E-state index is 0.285. The average molecular weight is 275 g/mol. The van der Waals surface area contributed by atoms with Crippen LogP contribution in [0.1, 0.15) is 12.5 Å². The van der Waals surface area contributed by atoms with Crippen molar-refractivity contribution in [1.82, 2.24) is 20.5 Å². The molecule has 106 valence electrons. The first-order valence-electron chi connectivity index (χ1n) is 6.81. The fourth-order valence-electron chi connectivity index (χ4n) is 2.45. The molecule has 1 aromatic carbocycles. The minimum atomic E-state index is -0.285. The van der Waals surface area contributed by atoms with E-state index in [0.29, 0.717) is 23.4 Å². The lowest BCUT2D eigenvalue weighted by Gasteiger charge is -2.30. The Labute approximate surface area is 117 Å². The Morgan fingerprint density at radius 1 is 1.40 bits per heavy atom. The number of aromatic amines is 1. The van der Waals surface area contributed by atoms with Gasteiger partial charge < -0.3 is 10.2 Å². The first-order chi connectivity index (χ1) is 9.63. The lowest BCUT2D eigenvalue weighted by atomic mass is 10.1. The van der Waals surface area contributed by atoms with Gasteiger partial charge in [0.2, 0.25) is 5.95 Å². The molecule has 3 rings (SSSR count). The normalized spacial score (nSPS) is 19.4. The molecule has 1 aliphatic rings. The fourth-order valence-corrected chi connectivity index (χ4v) is 2.45. The predicted molar refractivity (Wildman–Crippen MR) is 76.2 cm³/mol. The van der Waals surface area contributed by atoms with Crippen LogP contribution in [0.2, 0.25) is 0 Å². The van der Waals surface area contributed by atoms with E-state index in [-0.39, 0.29) is 5.82 Å². The number of piperazine rings is 1. The van der Waals surface area contributed by atoms with Crippen molar-refractivity contribution in [2.24, 2.45) is 0 Å². The Balaban J connectivity index is 1.88. The zero-order valence-electron chi connectivity index (χ0n) is 11.7. The van der Waals surface area contributed by atoms with Crippen molar-refractivity contribution >= 4 is 5.95 Å². The monoisotopic (exact) mass is 275 g/mol. The number of nitrogens with zero attached hydrogens (tertiary/aromatic N) is 3. The summed E-state index contributed by atoms with van der Waals surface area (Å²) in [5.41, 5.74) is 1.46. The van der Waals surface area contributed by atoms with Gasteiger partial charge in [0, 0.05) is 25.7 Å². The molecule has 2 aromatic rings. The van der Waals surface area contributed by atoms with Gasteiger partial charge in [0.05, 0.1) is 5.56 Å². The highest BCUT2D eigenvalue weighted by Gasteiger charge is 2.20. The fraction of sp³-hybridized carbons (Fsp3) is 0.429. The lowest BCUT2D eigenvalue weighted by molar-refractivity contribution is 0.480. The van der Waals surface area contributed by atoms with Crippen molar-refractivity contribution < 1.29 is 4.39 Å². The van der Waals surface area contributed by atoms with Gasteiger partial charge in [-0.3, -0.25) is 5.10 Å². The van der Waals surface area contributed by atoms with Gasteiger partial charge in [-0.1, -0.05) is 11.6 Å². The summed E-state index contributed by atoms with van der Waals surface area (Å²) in [6.07, 6.45) is 0. The molecule has 0 bridgehead atoms. The van der Waals surface area contributed by atoms with Crippen molar-refractivity contribution in [2.45, 2.75) is 19.9 Å². The summed E-state index contributed by atoms with van der Waals surface area (Å²) in [6, 6.07) is 5.38. The molecular formula is C14H18FN5. The van der Waals surface area contributed by atoms with E-state index in [2.05, 4.69) is 32.3 Å². The standard InChI is InChI=1S/C14H18FN5/c1-9-3-4-12(15)11(7-9)13-17-14(19-18-13)20-6-5-16-10(2)8-20/h3-4,7,10,16H,5-6,8H2,1-2H3,(H,17,18,19). The number of anilines is 1. The highest BCUT2D eigenvalue weighted by molar-refractivity contribution is 5.58. The van der Waals surface area contributed by atoms with Gasteiger partial charge in [-0.2, -0.15) is 4.98 Å². The van der Waals surface area contributed by atoms with Gasteiger partial charge in [-0.15, -0.1) is 5.10 Å². The molecule has 0 amide bonds. The summed E-state index contributed by atoms with van der Waals surface area (Å²) in [5.74, 6) is 0.827. The summed E-state index contributed by atoms with van der Waals surface area (Å²) in [6.45, 7) is 6.67. The van der Waals surface area contributed by atoms with Gasteiger partial charge in [-0.25, -0.2) is 4.39 Å². The topological polar surface area (TPSA) is 56.8 Å². The SMILES string of the molecule is Cc1ccc(F)c(-c2nc(N3CCNC(C)C3)n[nH]2)c1. The number of nitrogens with one attached hydrogen (secondary N) is 2. The zero-order valence-corrected chi connectivity index (χ0v) is 11.7. The van der Waals surface area contributed by atoms with Crippen LogP contribution in [-0.4, -0.2) is 40.9 Å². The molecule has 0 aliphatic carbocycles. The third kappa shape index (κ3) is 2.51. The van der Waals surface area contributed by atoms with Crippen LogP contribution in [0.5, 0.6) is 0 Å². The van der Waals surface area contributed by atoms with Crippen LogP contribution in [0, 0.1) is 12.7 Å². The number of rotatable bonds is 2. The van der Waals surface area contributed by atoms with E-state index in [1.807, 2.05) is 6.92 Å². The van der Waals surface area contributed by atoms with Gasteiger partial charge in [0.25, 0.3) is 0 Å². The highest BCUT2D eigenvalue weighted by atomic mass is 19.1. The molecule has 20 heavy (non-hydrogen) atoms. The Hall–Kier alpha value is -1.95. The summed E-state index contributed by atoms with van der Waals surface area (Å²) in [7, 11) is 0. The molecule has 1 saturated heterocycles. The van der Waals surface area contributed by atoms with Gasteiger partial charge >= 0.3 is 0 Å². The van der Waals surface area contributed by atoms with Crippen molar-refractivity contribution in [3.8, 4) is 11.4 Å². The summed E-state index contributed by atoms with van der Waals surface area (Å²) in [4.78, 5) is 6.54. The number of aromatic nitrogens is 3. The molecular weight excluding hydrogens is 257 g/mol. The van der Waals surface area contributed by atoms with Crippen molar-refractivity contribution in [2.75, 3.05) is 24.5 Å². The molecule has 0 spiro atoms. The van der Waals surface area contributed by atoms with Gasteiger partial charge in [0.1, 0.15) is 5.82 Å². The van der Waals surface area contributed by atoms with Gasteiger partial charge in [-0.05, 0) is 26.0 Å². The van der Waals surface area contributed by atoms with E-state index in [4.69, 9.17) is 0 Å². The second kappa shape index (κ2) is 5.20. The van der Waals surface area contributed by atoms with Crippen LogP contribution in [0.3, 0.4) is 0 Å². The Morgan fingerprint density at radius 3 is 3.05 bits per heavy atom. The van der Waals surface area contributed by atoms with Crippen molar-refractivity contribution in [3.05, 3.63) is 29.6 Å². The Morgan fingerprint density at radius 2 is 2.25 bits per heavy atom. The van der Waals surface area contributed by atoms with E-state index in [1.54, 1.807) is 12.1 Å². The molecule has 1 fully saturated rings. The average Bonchev–Trinajstić information content (AvgIpc) is 2.91. The molecule has 1 atom stereocenters. The van der Waals surface area contributed by atoms with E-state index in [1.165, 1.54) is 6.07 Å². The molecule has 1 aromatic heterocycles. The van der Waals surface area contributed by atoms with Crippen LogP contribution >= 0.6 is 0 Å². The maximum absolute atomic E-state index is 13.9. The second-order valence-corrected chi connectivity index (χ2v) is 5.27. The van der Waals surface area contributed by atoms with Crippen LogP contribution in [0.4, 0.5) is 10.3 Å². The van der Waals surface area contributed by atoms with E-state index < -0.39 is 0 Å². The summed E-state index contributed by atoms with van der Waals surface area (Å²) in [5, 5.41) is 10.4. The smallest absolute Gasteiger partial charge is 0.245 e. The summed E-state index contributed by atoms with van der Waals surface area (Å²) >= 11 is 0. The lowest BCUT2D eigenvalue weighted by Crippen LogP contribution is -2.49.